The number of pyridine rings is 1. The Hall–Kier alpha value is -0.516. The van der Waals surface area contributed by atoms with Crippen molar-refractivity contribution >= 4 is 5.97 Å². The van der Waals surface area contributed by atoms with Crippen LogP contribution in [0.5, 0.6) is 5.88 Å². The van der Waals surface area contributed by atoms with E-state index in [-0.39, 0.29) is 67.0 Å². The van der Waals surface area contributed by atoms with E-state index in [1.807, 2.05) is 18.2 Å². The summed E-state index contributed by atoms with van der Waals surface area (Å²) < 4.78 is 9.73. The molecule has 1 saturated heterocycles. The Morgan fingerprint density at radius 3 is 2.19 bits per heavy atom. The van der Waals surface area contributed by atoms with Gasteiger partial charge in [0.05, 0.1) is 14.2 Å². The van der Waals surface area contributed by atoms with Crippen molar-refractivity contribution in [1.82, 2.24) is 9.88 Å². The molecule has 1 radical (unpaired) electrons. The van der Waals surface area contributed by atoms with Crippen LogP contribution in [0.3, 0.4) is 0 Å². The van der Waals surface area contributed by atoms with Crippen molar-refractivity contribution in [1.29, 1.82) is 0 Å². The first-order valence-corrected chi connectivity index (χ1v) is 8.25. The molecule has 5 nitrogen and oxygen atoms in total. The minimum atomic E-state index is -0.0822. The van der Waals surface area contributed by atoms with E-state index >= 15 is 0 Å². The molecule has 27 heavy (non-hydrogen) atoms. The quantitative estimate of drug-likeness (QED) is 0.583. The molecule has 0 aliphatic carbocycles. The summed E-state index contributed by atoms with van der Waals surface area (Å²) in [6.45, 7) is 9.48. The molecule has 1 aromatic rings. The Bertz CT molecular complexity index is 496. The van der Waals surface area contributed by atoms with Gasteiger partial charge in [-0.1, -0.05) is 42.2 Å². The molecule has 0 amide bonds. The van der Waals surface area contributed by atoms with Gasteiger partial charge in [0.25, 0.3) is 0 Å². The first-order chi connectivity index (χ1) is 10.9. The van der Waals surface area contributed by atoms with Gasteiger partial charge in [0.1, 0.15) is 6.04 Å². The summed E-state index contributed by atoms with van der Waals surface area (Å²) in [6, 6.07) is 6.27. The number of hydrogen-bond acceptors (Lipinski definition) is 5. The second-order valence-corrected chi connectivity index (χ2v) is 6.27. The maximum absolute atomic E-state index is 11.3. The Morgan fingerprint density at radius 1 is 1.15 bits per heavy atom. The average Bonchev–Trinajstić information content (AvgIpc) is 3.04. The average molecular weight is 459 g/mol. The van der Waals surface area contributed by atoms with Crippen molar-refractivity contribution in [2.24, 2.45) is 0 Å². The van der Waals surface area contributed by atoms with E-state index in [1.54, 1.807) is 7.11 Å². The molecule has 1 aliphatic rings. The van der Waals surface area contributed by atoms with Gasteiger partial charge in [0.15, 0.2) is 0 Å². The van der Waals surface area contributed by atoms with Crippen molar-refractivity contribution in [2.75, 3.05) is 20.8 Å². The number of aromatic nitrogens is 1. The summed E-state index contributed by atoms with van der Waals surface area (Å²) in [5.74, 6) is 1.07. The van der Waals surface area contributed by atoms with Crippen LogP contribution >= 0.6 is 0 Å². The van der Waals surface area contributed by atoms with E-state index in [9.17, 15) is 4.79 Å². The van der Waals surface area contributed by atoms with Crippen molar-refractivity contribution in [3.63, 3.8) is 0 Å². The van der Waals surface area contributed by atoms with Crippen molar-refractivity contribution in [3.05, 3.63) is 23.9 Å². The number of ether oxygens (including phenoxy) is 2. The first-order valence-electron chi connectivity index (χ1n) is 8.25. The Kier molecular flexibility index (Phi) is 22.1. The number of nitrogens with zero attached hydrogens (tertiary/aromatic N) is 2. The van der Waals surface area contributed by atoms with Crippen LogP contribution in [0.1, 0.15) is 74.4 Å². The second kappa shape index (κ2) is 17.6. The summed E-state index contributed by atoms with van der Waals surface area (Å²) in [5.41, 5.74) is 1.07. The molecule has 1 aliphatic heterocycles. The molecule has 0 saturated carbocycles. The molecule has 1 fully saturated rings. The number of carbonyl (C=O) groups excluding carboxylic acids is 1. The number of esters is 1. The maximum atomic E-state index is 11.3. The second-order valence-electron chi connectivity index (χ2n) is 6.27. The monoisotopic (exact) mass is 459 g/mol. The maximum Gasteiger partial charge on any atom is 0.323 e. The molecule has 157 valence electrons. The zero-order valence-corrected chi connectivity index (χ0v) is 18.6. The molecule has 1 aromatic heterocycles. The van der Waals surface area contributed by atoms with Crippen LogP contribution < -0.4 is 4.74 Å². The zero-order chi connectivity index (χ0) is 17.4. The van der Waals surface area contributed by atoms with E-state index < -0.39 is 0 Å². The number of carbonyl (C=O) groups is 1. The minimum absolute atomic E-state index is 0. The summed E-state index contributed by atoms with van der Waals surface area (Å²) in [5, 5.41) is 0. The molecule has 1 atom stereocenters. The Balaban J connectivity index is -0.000000171. The van der Waals surface area contributed by atoms with E-state index in [0.29, 0.717) is 17.8 Å². The molecular weight excluding hydrogens is 417 g/mol. The van der Waals surface area contributed by atoms with Crippen molar-refractivity contribution < 1.29 is 47.0 Å². The third-order valence-electron chi connectivity index (χ3n) is 3.98. The van der Waals surface area contributed by atoms with Gasteiger partial charge >= 0.3 is 5.97 Å². The summed E-state index contributed by atoms with van der Waals surface area (Å²) in [4.78, 5) is 17.7. The standard InChI is InChI=1S/C9H17NO2.C9H13NO.3CH4.Y/c1-7(2)10-6-4-5-8(10)9(11)12-3;1-7(2)8-5-4-6-9(10-8)11-3;;;;/h7-8H,4-6H2,1-3H3;4-7H,1-3H3;3*1H4;. The fourth-order valence-corrected chi connectivity index (χ4v) is 2.66. The van der Waals surface area contributed by atoms with Gasteiger partial charge in [-0.25, -0.2) is 4.98 Å². The van der Waals surface area contributed by atoms with E-state index in [2.05, 4.69) is 37.6 Å². The van der Waals surface area contributed by atoms with Gasteiger partial charge in [0.2, 0.25) is 5.88 Å². The number of likely N-dealkylation sites (tertiary alicyclic amines) is 1. The summed E-state index contributed by atoms with van der Waals surface area (Å²) in [6.07, 6.45) is 2.06. The van der Waals surface area contributed by atoms with Crippen LogP contribution in [0, 0.1) is 0 Å². The van der Waals surface area contributed by atoms with Gasteiger partial charge in [0, 0.05) is 50.5 Å². The van der Waals surface area contributed by atoms with Crippen molar-refractivity contribution in [3.8, 4) is 5.88 Å². The molecule has 1 unspecified atom stereocenters. The van der Waals surface area contributed by atoms with Crippen molar-refractivity contribution in [2.45, 2.75) is 80.8 Å². The fourth-order valence-electron chi connectivity index (χ4n) is 2.66. The largest absolute Gasteiger partial charge is 0.481 e. The van der Waals surface area contributed by atoms with Crippen LogP contribution in [0.2, 0.25) is 0 Å². The van der Waals surface area contributed by atoms with E-state index in [0.717, 1.165) is 25.1 Å². The first kappa shape index (κ1) is 34.0. The van der Waals surface area contributed by atoms with Gasteiger partial charge in [-0.2, -0.15) is 0 Å². The van der Waals surface area contributed by atoms with Gasteiger partial charge < -0.3 is 9.47 Å². The molecule has 0 aromatic carbocycles. The smallest absolute Gasteiger partial charge is 0.323 e. The van der Waals surface area contributed by atoms with Crippen LogP contribution in [-0.2, 0) is 42.2 Å². The van der Waals surface area contributed by atoms with E-state index in [4.69, 9.17) is 9.47 Å². The molecule has 0 N–H and O–H groups in total. The summed E-state index contributed by atoms with van der Waals surface area (Å²) in [7, 11) is 3.09. The molecule has 0 spiro atoms. The molecule has 2 rings (SSSR count). The normalized spacial score (nSPS) is 15.2. The molecule has 6 heteroatoms. The topological polar surface area (TPSA) is 51.7 Å². The minimum Gasteiger partial charge on any atom is -0.481 e. The third kappa shape index (κ3) is 11.2. The van der Waals surface area contributed by atoms with Gasteiger partial charge in [-0.05, 0) is 45.2 Å². The summed E-state index contributed by atoms with van der Waals surface area (Å²) >= 11 is 0. The predicted molar refractivity (Wildman–Crippen MR) is 112 cm³/mol. The van der Waals surface area contributed by atoms with E-state index in [1.165, 1.54) is 7.11 Å². The van der Waals surface area contributed by atoms with Gasteiger partial charge in [-0.15, -0.1) is 0 Å². The molecule has 0 bridgehead atoms. The van der Waals surface area contributed by atoms with Crippen LogP contribution in [0.25, 0.3) is 0 Å². The van der Waals surface area contributed by atoms with Crippen LogP contribution in [0.15, 0.2) is 18.2 Å². The Labute approximate surface area is 193 Å². The zero-order valence-electron chi connectivity index (χ0n) is 15.8. The number of rotatable bonds is 4. The molecular formula is C21H42N2O3Y. The SMILES string of the molecule is C.C.C.COC(=O)C1CCCN1C(C)C.COc1cccc(C(C)C)n1.[Y]. The van der Waals surface area contributed by atoms with Gasteiger partial charge in [-0.3, -0.25) is 9.69 Å². The fraction of sp³-hybridized carbons (Fsp3) is 0.714. The van der Waals surface area contributed by atoms with Crippen LogP contribution in [-0.4, -0.2) is 48.7 Å². The molecule has 2 heterocycles. The number of hydrogen-bond donors (Lipinski definition) is 0. The number of methoxy groups -OCH3 is 2. The van der Waals surface area contributed by atoms with Crippen LogP contribution in [0.4, 0.5) is 0 Å². The third-order valence-corrected chi connectivity index (χ3v) is 3.98. The predicted octanol–water partition coefficient (Wildman–Crippen LogP) is 5.15. The Morgan fingerprint density at radius 2 is 1.74 bits per heavy atom.